The molecule has 1 aliphatic carbocycles. The van der Waals surface area contributed by atoms with Crippen LogP contribution in [-0.2, 0) is 14.4 Å². The number of anilines is 1. The van der Waals surface area contributed by atoms with Gasteiger partial charge in [0.25, 0.3) is 0 Å². The Morgan fingerprint density at radius 1 is 1.15 bits per heavy atom. The fourth-order valence-electron chi connectivity index (χ4n) is 4.35. The maximum Gasteiger partial charge on any atom is 0.249 e. The molecule has 1 aromatic heterocycles. The van der Waals surface area contributed by atoms with Gasteiger partial charge < -0.3 is 10.6 Å². The quantitative estimate of drug-likeness (QED) is 0.381. The minimum absolute atomic E-state index is 0.0502. The Labute approximate surface area is 197 Å². The number of pyridine rings is 1. The highest BCUT2D eigenvalue weighted by Crippen LogP contribution is 2.33. The molecule has 0 aromatic carbocycles. The smallest absolute Gasteiger partial charge is 0.249 e. The van der Waals surface area contributed by atoms with Gasteiger partial charge in [0, 0.05) is 12.6 Å². The Kier molecular flexibility index (Phi) is 9.83. The lowest BCUT2D eigenvalue weighted by atomic mass is 9.77. The summed E-state index contributed by atoms with van der Waals surface area (Å²) in [5, 5.41) is 16.7. The number of carbonyl (C=O) groups excluding carboxylic acids is 3. The van der Waals surface area contributed by atoms with Crippen LogP contribution in [0.2, 0.25) is 0 Å². The van der Waals surface area contributed by atoms with Crippen molar-refractivity contribution in [1.29, 1.82) is 0 Å². The Morgan fingerprint density at radius 3 is 2.36 bits per heavy atom. The molecule has 2 rings (SSSR count). The van der Waals surface area contributed by atoms with E-state index < -0.39 is 23.3 Å². The van der Waals surface area contributed by atoms with E-state index >= 15 is 0 Å². The van der Waals surface area contributed by atoms with Crippen molar-refractivity contribution in [3.05, 3.63) is 24.4 Å². The average molecular weight is 461 g/mol. The van der Waals surface area contributed by atoms with E-state index in [1.807, 2.05) is 34.6 Å². The number of nitrogens with one attached hydrogen (secondary N) is 2. The number of carbonyl (C=O) groups is 3. The molecule has 1 saturated carbocycles. The van der Waals surface area contributed by atoms with E-state index in [0.29, 0.717) is 5.82 Å². The van der Waals surface area contributed by atoms with Gasteiger partial charge in [0.15, 0.2) is 0 Å². The summed E-state index contributed by atoms with van der Waals surface area (Å²) in [6.45, 7) is 9.69. The van der Waals surface area contributed by atoms with Crippen molar-refractivity contribution in [2.75, 3.05) is 11.9 Å². The van der Waals surface area contributed by atoms with Gasteiger partial charge >= 0.3 is 0 Å². The SMILES string of the molecule is CC(C)CN(O)C(=O)[C@@H](CC(=O)NC(C(=O)Nc1ccccn1)C(C)(C)C)C1CCCCC1. The molecule has 0 spiro atoms. The van der Waals surface area contributed by atoms with Gasteiger partial charge in [0.1, 0.15) is 11.9 Å². The molecular weight excluding hydrogens is 420 g/mol. The van der Waals surface area contributed by atoms with Crippen LogP contribution in [0.25, 0.3) is 0 Å². The number of aromatic nitrogens is 1. The monoisotopic (exact) mass is 460 g/mol. The topological polar surface area (TPSA) is 112 Å². The minimum atomic E-state index is -0.810. The van der Waals surface area contributed by atoms with Crippen molar-refractivity contribution in [3.63, 3.8) is 0 Å². The second-order valence-electron chi connectivity index (χ2n) is 10.6. The highest BCUT2D eigenvalue weighted by molar-refractivity contribution is 5.97. The van der Waals surface area contributed by atoms with Crippen molar-refractivity contribution in [1.82, 2.24) is 15.4 Å². The zero-order valence-electron chi connectivity index (χ0n) is 20.6. The average Bonchev–Trinajstić information content (AvgIpc) is 2.75. The molecule has 1 aromatic rings. The highest BCUT2D eigenvalue weighted by Gasteiger charge is 2.37. The molecule has 0 bridgehead atoms. The molecule has 2 atom stereocenters. The van der Waals surface area contributed by atoms with Crippen molar-refractivity contribution < 1.29 is 19.6 Å². The van der Waals surface area contributed by atoms with Gasteiger partial charge in [-0.15, -0.1) is 0 Å². The number of amides is 3. The lowest BCUT2D eigenvalue weighted by molar-refractivity contribution is -0.175. The first-order valence-electron chi connectivity index (χ1n) is 12.0. The molecule has 3 amide bonds. The van der Waals surface area contributed by atoms with Gasteiger partial charge in [-0.3, -0.25) is 19.6 Å². The second kappa shape index (κ2) is 12.1. The summed E-state index contributed by atoms with van der Waals surface area (Å²) in [6.07, 6.45) is 6.41. The lowest BCUT2D eigenvalue weighted by Crippen LogP contribution is -2.52. The van der Waals surface area contributed by atoms with E-state index in [1.54, 1.807) is 24.4 Å². The maximum absolute atomic E-state index is 13.1. The van der Waals surface area contributed by atoms with E-state index in [1.165, 1.54) is 0 Å². The van der Waals surface area contributed by atoms with Crippen LogP contribution in [0.4, 0.5) is 5.82 Å². The van der Waals surface area contributed by atoms with Crippen LogP contribution in [0.15, 0.2) is 24.4 Å². The Balaban J connectivity index is 2.14. The lowest BCUT2D eigenvalue weighted by Gasteiger charge is -2.33. The third-order valence-corrected chi connectivity index (χ3v) is 6.08. The molecule has 3 N–H and O–H groups in total. The van der Waals surface area contributed by atoms with E-state index in [4.69, 9.17) is 0 Å². The molecular formula is C25H40N4O4. The van der Waals surface area contributed by atoms with E-state index in [9.17, 15) is 19.6 Å². The van der Waals surface area contributed by atoms with Gasteiger partial charge in [-0.05, 0) is 42.2 Å². The first-order valence-corrected chi connectivity index (χ1v) is 12.0. The van der Waals surface area contributed by atoms with Gasteiger partial charge in [-0.25, -0.2) is 10.0 Å². The third-order valence-electron chi connectivity index (χ3n) is 6.08. The number of hydrogen-bond acceptors (Lipinski definition) is 5. The molecule has 8 nitrogen and oxygen atoms in total. The fraction of sp³-hybridized carbons (Fsp3) is 0.680. The molecule has 33 heavy (non-hydrogen) atoms. The number of hydrogen-bond donors (Lipinski definition) is 3. The van der Waals surface area contributed by atoms with Crippen LogP contribution in [-0.4, -0.2) is 45.6 Å². The summed E-state index contributed by atoms with van der Waals surface area (Å²) in [7, 11) is 0. The van der Waals surface area contributed by atoms with Crippen LogP contribution >= 0.6 is 0 Å². The summed E-state index contributed by atoms with van der Waals surface area (Å²) in [5.41, 5.74) is -0.556. The fourth-order valence-corrected chi connectivity index (χ4v) is 4.35. The van der Waals surface area contributed by atoms with Crippen LogP contribution in [0.3, 0.4) is 0 Å². The molecule has 0 saturated heterocycles. The van der Waals surface area contributed by atoms with Gasteiger partial charge in [0.2, 0.25) is 17.7 Å². The molecule has 0 radical (unpaired) electrons. The summed E-state index contributed by atoms with van der Waals surface area (Å²) in [6, 6.07) is 4.40. The van der Waals surface area contributed by atoms with Crippen molar-refractivity contribution in [2.24, 2.45) is 23.2 Å². The van der Waals surface area contributed by atoms with E-state index in [0.717, 1.165) is 37.2 Å². The number of hydroxylamine groups is 2. The van der Waals surface area contributed by atoms with Gasteiger partial charge in [0.05, 0.1) is 12.5 Å². The molecule has 8 heteroatoms. The Hall–Kier alpha value is -2.48. The third kappa shape index (κ3) is 8.42. The molecule has 1 aliphatic rings. The second-order valence-corrected chi connectivity index (χ2v) is 10.6. The standard InChI is InChI=1S/C25H40N4O4/c1-17(2)16-29(33)24(32)19(18-11-7-6-8-12-18)15-21(30)28-22(25(3,4)5)23(31)27-20-13-9-10-14-26-20/h9-10,13-14,17-19,22,33H,6-8,11-12,15-16H2,1-5H3,(H,28,30)(H,26,27,31)/t19-,22?/m0/s1. The maximum atomic E-state index is 13.1. The largest absolute Gasteiger partial charge is 0.344 e. The predicted molar refractivity (Wildman–Crippen MR) is 127 cm³/mol. The van der Waals surface area contributed by atoms with Crippen molar-refractivity contribution in [3.8, 4) is 0 Å². The summed E-state index contributed by atoms with van der Waals surface area (Å²) < 4.78 is 0. The minimum Gasteiger partial charge on any atom is -0.344 e. The molecule has 1 fully saturated rings. The molecule has 1 unspecified atom stereocenters. The Bertz CT molecular complexity index is 785. The van der Waals surface area contributed by atoms with Crippen LogP contribution < -0.4 is 10.6 Å². The van der Waals surface area contributed by atoms with Crippen LogP contribution in [0.1, 0.15) is 73.1 Å². The highest BCUT2D eigenvalue weighted by atomic mass is 16.5. The number of rotatable bonds is 9. The predicted octanol–water partition coefficient (Wildman–Crippen LogP) is 4.01. The van der Waals surface area contributed by atoms with Gasteiger partial charge in [-0.1, -0.05) is 59.9 Å². The van der Waals surface area contributed by atoms with Crippen molar-refractivity contribution in [2.45, 2.75) is 79.2 Å². The van der Waals surface area contributed by atoms with Crippen molar-refractivity contribution >= 4 is 23.5 Å². The Morgan fingerprint density at radius 2 is 1.82 bits per heavy atom. The van der Waals surface area contributed by atoms with Gasteiger partial charge in [-0.2, -0.15) is 0 Å². The van der Waals surface area contributed by atoms with E-state index in [2.05, 4.69) is 15.6 Å². The zero-order valence-corrected chi connectivity index (χ0v) is 20.6. The molecule has 0 aliphatic heterocycles. The van der Waals surface area contributed by atoms with Crippen LogP contribution in [0, 0.1) is 23.2 Å². The molecule has 184 valence electrons. The van der Waals surface area contributed by atoms with Crippen LogP contribution in [0.5, 0.6) is 0 Å². The number of nitrogens with zero attached hydrogens (tertiary/aromatic N) is 2. The first-order chi connectivity index (χ1) is 15.5. The zero-order chi connectivity index (χ0) is 24.6. The molecule has 1 heterocycles. The summed E-state index contributed by atoms with van der Waals surface area (Å²) >= 11 is 0. The first kappa shape index (κ1) is 26.8. The normalized spacial score (nSPS) is 16.7. The summed E-state index contributed by atoms with van der Waals surface area (Å²) in [4.78, 5) is 43.3. The van der Waals surface area contributed by atoms with E-state index in [-0.39, 0.29) is 36.6 Å². The summed E-state index contributed by atoms with van der Waals surface area (Å²) in [5.74, 6) is -1.17.